The highest BCUT2D eigenvalue weighted by Gasteiger charge is 2.51. The molecule has 8 aliphatic heterocycles. The number of aromatic nitrogens is 6. The molecular formula is C130H86B4N6O4. The van der Waals surface area contributed by atoms with E-state index in [1.54, 1.807) is 0 Å². The molecule has 144 heavy (non-hydrogen) atoms. The van der Waals surface area contributed by atoms with Crippen molar-refractivity contribution in [3.63, 3.8) is 0 Å². The van der Waals surface area contributed by atoms with Gasteiger partial charge in [0.2, 0.25) is 0 Å². The zero-order valence-corrected chi connectivity index (χ0v) is 80.4. The van der Waals surface area contributed by atoms with Gasteiger partial charge < -0.3 is 46.4 Å². The maximum atomic E-state index is 7.65. The van der Waals surface area contributed by atoms with Gasteiger partial charge in [0, 0.05) is 132 Å². The fourth-order valence-electron chi connectivity index (χ4n) is 27.4. The van der Waals surface area contributed by atoms with Gasteiger partial charge in [0.1, 0.15) is 46.0 Å². The fraction of sp³-hybridized carbons (Fsp3) is 0.0769. The summed E-state index contributed by atoms with van der Waals surface area (Å²) >= 11 is 0. The van der Waals surface area contributed by atoms with Gasteiger partial charge >= 0.3 is 0 Å². The van der Waals surface area contributed by atoms with Crippen LogP contribution in [0, 0.1) is 13.8 Å². The third kappa shape index (κ3) is 10.3. The van der Waals surface area contributed by atoms with Crippen LogP contribution in [0.15, 0.2) is 376 Å². The molecule has 0 atom stereocenters. The second-order valence-electron chi connectivity index (χ2n) is 43.2. The minimum Gasteiger partial charge on any atom is -0.458 e. The average Bonchev–Trinajstić information content (AvgIpc) is 1.42. The molecular weight excluding hydrogens is 1750 g/mol. The average molecular weight is 1840 g/mol. The van der Waals surface area contributed by atoms with E-state index in [-0.39, 0.29) is 37.7 Å². The Morgan fingerprint density at radius 3 is 0.743 bits per heavy atom. The standard InChI is InChI=1S/C79H46B2N4O2.C51H40B2N2O2/c1-45-78-62(80-60-28-16-26-56-52-22-8-14-32-66(52)84(76(56)60)70-40-48(42-72(86-78)74(70)80)46-34-36-68-58(38-46)54-24-10-12-30-64(54)82(68)50-18-4-2-5-19-50)44-63-79(45)87-73-43-49(41-71-75(73)81(63)61-29-17-27-57-53-23-9-15-33-67(53)85(71)77(57)61)47-35-37-69-59(39-47)55-25-11-13-31-65(55)83(69)51-20-6-3-7-21-51;1-27-48-36(52-34-18-12-16-32-30-14-8-10-20-38(30)54(46(32)34)40-22-28(50(2,3)4)24-42(56-48)44(40)52)26-37-49(27)57-43-25-29(51(5,6)7)23-41-45(43)53(37)35-19-13-17-33-31-15-9-11-21-39(31)55(41)47(33)35/h2-44H,1H3;8-26H,1-7H3. The molecule has 14 heteroatoms. The van der Waals surface area contributed by atoms with E-state index >= 15 is 0 Å². The molecule has 8 aliphatic rings. The Morgan fingerprint density at radius 1 is 0.194 bits per heavy atom. The first-order chi connectivity index (χ1) is 70.6. The minimum absolute atomic E-state index is 0.00718. The van der Waals surface area contributed by atoms with Gasteiger partial charge in [-0.2, -0.15) is 0 Å². The molecule has 14 heterocycles. The quantitative estimate of drug-likeness (QED) is 0.165. The van der Waals surface area contributed by atoms with Crippen molar-refractivity contribution < 1.29 is 18.9 Å². The van der Waals surface area contributed by atoms with Crippen LogP contribution in [0.2, 0.25) is 0 Å². The Bertz CT molecular complexity index is 9890. The number of benzene rings is 20. The van der Waals surface area contributed by atoms with Crippen LogP contribution in [0.1, 0.15) is 63.8 Å². The van der Waals surface area contributed by atoms with Crippen LogP contribution in [-0.2, 0) is 10.8 Å². The number of hydrogen-bond donors (Lipinski definition) is 0. The van der Waals surface area contributed by atoms with Crippen LogP contribution >= 0.6 is 0 Å². The number of nitrogens with zero attached hydrogens (tertiary/aromatic N) is 6. The van der Waals surface area contributed by atoms with Crippen molar-refractivity contribution in [3.05, 3.63) is 398 Å². The van der Waals surface area contributed by atoms with Gasteiger partial charge in [-0.15, -0.1) is 0 Å². The number of para-hydroxylation sites is 12. The highest BCUT2D eigenvalue weighted by molar-refractivity contribution is 7.03. The zero-order valence-electron chi connectivity index (χ0n) is 80.4. The smallest absolute Gasteiger partial charge is 0.256 e. The first kappa shape index (κ1) is 79.5. The highest BCUT2D eigenvalue weighted by Crippen LogP contribution is 2.52. The van der Waals surface area contributed by atoms with Crippen molar-refractivity contribution in [1.29, 1.82) is 0 Å². The molecule has 0 N–H and O–H groups in total. The van der Waals surface area contributed by atoms with Gasteiger partial charge in [0.25, 0.3) is 26.9 Å². The Balaban J connectivity index is 0.000000138. The minimum atomic E-state index is -0.125. The van der Waals surface area contributed by atoms with E-state index in [0.29, 0.717) is 0 Å². The van der Waals surface area contributed by atoms with Crippen molar-refractivity contribution in [2.24, 2.45) is 0 Å². The maximum absolute atomic E-state index is 7.65. The van der Waals surface area contributed by atoms with Crippen LogP contribution in [0.4, 0.5) is 0 Å². The van der Waals surface area contributed by atoms with Crippen molar-refractivity contribution in [2.45, 2.75) is 66.2 Å². The van der Waals surface area contributed by atoms with Crippen LogP contribution in [-0.4, -0.2) is 54.3 Å². The lowest BCUT2D eigenvalue weighted by Gasteiger charge is -2.39. The third-order valence-electron chi connectivity index (χ3n) is 33.6. The molecule has 0 aliphatic carbocycles. The number of rotatable bonds is 4. The first-order valence-electron chi connectivity index (χ1n) is 50.6. The molecule has 0 amide bonds. The fourth-order valence-corrected chi connectivity index (χ4v) is 27.4. The first-order valence-corrected chi connectivity index (χ1v) is 50.6. The molecule has 0 bridgehead atoms. The summed E-state index contributed by atoms with van der Waals surface area (Å²) in [6, 6.07) is 140. The van der Waals surface area contributed by atoms with Crippen LogP contribution in [0.5, 0.6) is 46.0 Å². The second-order valence-corrected chi connectivity index (χ2v) is 43.2. The van der Waals surface area contributed by atoms with Gasteiger partial charge in [-0.05, 0) is 257 Å². The van der Waals surface area contributed by atoms with Crippen molar-refractivity contribution in [2.75, 3.05) is 0 Å². The third-order valence-corrected chi connectivity index (χ3v) is 33.6. The van der Waals surface area contributed by atoms with E-state index in [0.717, 1.165) is 102 Å². The summed E-state index contributed by atoms with van der Waals surface area (Å²) in [6.45, 7) is 18.0. The molecule has 0 fully saturated rings. The largest absolute Gasteiger partial charge is 0.458 e. The van der Waals surface area contributed by atoms with Crippen LogP contribution < -0.4 is 84.5 Å². The number of hydrogen-bond acceptors (Lipinski definition) is 4. The van der Waals surface area contributed by atoms with E-state index in [2.05, 4.69) is 459 Å². The lowest BCUT2D eigenvalue weighted by atomic mass is 9.31. The van der Waals surface area contributed by atoms with E-state index in [1.807, 2.05) is 0 Å². The van der Waals surface area contributed by atoms with Gasteiger partial charge in [-0.3, -0.25) is 0 Å². The predicted molar refractivity (Wildman–Crippen MR) is 601 cm³/mol. The van der Waals surface area contributed by atoms with Crippen LogP contribution in [0.3, 0.4) is 0 Å². The molecule has 10 nitrogen and oxygen atoms in total. The van der Waals surface area contributed by atoms with Crippen molar-refractivity contribution in [1.82, 2.24) is 27.4 Å². The van der Waals surface area contributed by atoms with Gasteiger partial charge in [-0.1, -0.05) is 284 Å². The number of fused-ring (bicyclic) bond motifs is 34. The monoisotopic (exact) mass is 1840 g/mol. The molecule has 0 saturated heterocycles. The second kappa shape index (κ2) is 27.9. The SMILES string of the molecule is Cc1c2c(cc3c1Oc1cc(-c4ccc5c(c4)c4ccccc4n5-c4ccccc4)cc4c1B3c1cccc3c5ccccc5n-4c13)B1c3c(cc(-c4ccc5c(c4)c4ccccc4n5-c4ccccc4)cc3-n3c4ccccc4c4cccc1c43)O2.Cc1c2c(cc3c1Oc1cc(C(C)(C)C)cc4c1B3c1cccc3c5ccccc5n-4c13)B1c3c(cc(C(C)(C)C)cc3-n3c4ccccc4c4cccc1c43)O2. The lowest BCUT2D eigenvalue weighted by Crippen LogP contribution is -2.62. The Labute approximate surface area is 830 Å². The highest BCUT2D eigenvalue weighted by atomic mass is 16.5. The van der Waals surface area contributed by atoms with E-state index in [9.17, 15) is 0 Å². The summed E-state index contributed by atoms with van der Waals surface area (Å²) < 4.78 is 44.7. The van der Waals surface area contributed by atoms with Crippen molar-refractivity contribution in [3.8, 4) is 102 Å². The summed E-state index contributed by atoms with van der Waals surface area (Å²) in [5.41, 5.74) is 45.4. The molecule has 0 spiro atoms. The molecule has 6 aromatic heterocycles. The molecule has 20 aromatic carbocycles. The maximum Gasteiger partial charge on any atom is 0.256 e. The van der Waals surface area contributed by atoms with Crippen molar-refractivity contribution >= 4 is 223 Å². The summed E-state index contributed by atoms with van der Waals surface area (Å²) in [4.78, 5) is 0. The molecule has 0 unspecified atom stereocenters. The number of ether oxygens (including phenoxy) is 4. The molecule has 0 radical (unpaired) electrons. The Kier molecular flexibility index (Phi) is 15.4. The Hall–Kier alpha value is -17.3. The molecule has 26 aromatic rings. The summed E-state index contributed by atoms with van der Waals surface area (Å²) in [6.07, 6.45) is 0. The van der Waals surface area contributed by atoms with Gasteiger partial charge in [0.05, 0.1) is 44.1 Å². The molecule has 34 rings (SSSR count). The van der Waals surface area contributed by atoms with E-state index < -0.39 is 0 Å². The zero-order chi connectivity index (χ0) is 94.9. The normalized spacial score (nSPS) is 13.7. The molecule has 672 valence electrons. The van der Waals surface area contributed by atoms with Gasteiger partial charge in [0.15, 0.2) is 0 Å². The van der Waals surface area contributed by atoms with Gasteiger partial charge in [-0.25, -0.2) is 0 Å². The lowest BCUT2D eigenvalue weighted by molar-refractivity contribution is 0.455. The summed E-state index contributed by atoms with van der Waals surface area (Å²) in [7, 11) is 0. The summed E-state index contributed by atoms with van der Waals surface area (Å²) in [5, 5.41) is 15.0. The van der Waals surface area contributed by atoms with E-state index in [4.69, 9.17) is 18.9 Å². The topological polar surface area (TPSA) is 66.5 Å². The molecule has 0 saturated carbocycles. The van der Waals surface area contributed by atoms with E-state index in [1.165, 1.54) is 219 Å². The summed E-state index contributed by atoms with van der Waals surface area (Å²) in [5.74, 6) is 7.19. The predicted octanol–water partition coefficient (Wildman–Crippen LogP) is 24.2. The van der Waals surface area contributed by atoms with Crippen LogP contribution in [0.25, 0.3) is 187 Å². The Morgan fingerprint density at radius 2 is 0.444 bits per heavy atom.